The molecule has 8 atom stereocenters. The molecule has 0 aromatic heterocycles. The minimum absolute atomic E-state index is 0.0649. The summed E-state index contributed by atoms with van der Waals surface area (Å²) >= 11 is 0. The van der Waals surface area contributed by atoms with Crippen molar-refractivity contribution in [2.45, 2.75) is 83.3 Å². The fourth-order valence-electron chi connectivity index (χ4n) is 8.19. The van der Waals surface area contributed by atoms with Crippen LogP contribution in [0, 0.1) is 52.3 Å². The van der Waals surface area contributed by atoms with E-state index in [1.807, 2.05) is 12.2 Å². The van der Waals surface area contributed by atoms with Gasteiger partial charge in [-0.15, -0.1) is 0 Å². The van der Waals surface area contributed by atoms with Crippen LogP contribution in [0.5, 0.6) is 0 Å². The van der Waals surface area contributed by atoms with E-state index in [9.17, 15) is 10.2 Å². The molecule has 0 spiro atoms. The van der Waals surface area contributed by atoms with Crippen LogP contribution < -0.4 is 0 Å². The first kappa shape index (κ1) is 19.0. The predicted molar refractivity (Wildman–Crippen MR) is 112 cm³/mol. The highest BCUT2D eigenvalue weighted by atomic mass is 16.3. The standard InChI is InChI=1S/C26H36O2/c1-24-13-10-20(27)17-19(24)7-8-21-22(24)11-14-25(2)23(21)12-16-26(25,28)15-9-18-5-3-4-6-18/h3-6,18-23,27-28H,7-8,10-14,16-17H2,1-2H3/t19-,20-,21+,22-,23-,24-,25-,26-/m0/s1. The number of fused-ring (bicyclic) bond motifs is 5. The van der Waals surface area contributed by atoms with E-state index in [0.717, 1.165) is 43.9 Å². The molecule has 0 radical (unpaired) electrons. The van der Waals surface area contributed by atoms with Crippen molar-refractivity contribution < 1.29 is 10.2 Å². The van der Waals surface area contributed by atoms with E-state index < -0.39 is 5.60 Å². The molecule has 5 aliphatic rings. The maximum atomic E-state index is 11.7. The molecule has 28 heavy (non-hydrogen) atoms. The Hall–Kier alpha value is -1.04. The molecule has 152 valence electrons. The van der Waals surface area contributed by atoms with E-state index in [1.165, 1.54) is 25.7 Å². The molecule has 0 aliphatic heterocycles. The van der Waals surface area contributed by atoms with E-state index in [1.54, 1.807) is 0 Å². The van der Waals surface area contributed by atoms with Crippen LogP contribution in [0.1, 0.15) is 71.6 Å². The van der Waals surface area contributed by atoms with Crippen LogP contribution in [-0.4, -0.2) is 21.9 Å². The summed E-state index contributed by atoms with van der Waals surface area (Å²) in [6, 6.07) is 0. The van der Waals surface area contributed by atoms with Crippen molar-refractivity contribution in [3.63, 3.8) is 0 Å². The van der Waals surface area contributed by atoms with Gasteiger partial charge in [-0.1, -0.05) is 50.0 Å². The normalized spacial score (nSPS) is 52.5. The summed E-state index contributed by atoms with van der Waals surface area (Å²) in [6.07, 6.45) is 18.3. The average molecular weight is 381 g/mol. The highest BCUT2D eigenvalue weighted by molar-refractivity contribution is 5.33. The SMILES string of the molecule is C[C@]12CC[C@H](O)C[C@@H]1CC[C@@H]1[C@@H]2CC[C@@]2(C)[C@H]1CC[C@@]2(O)C#CC1C=CC=C1. The lowest BCUT2D eigenvalue weighted by atomic mass is 9.44. The zero-order valence-corrected chi connectivity index (χ0v) is 17.5. The van der Waals surface area contributed by atoms with Crippen molar-refractivity contribution in [1.29, 1.82) is 0 Å². The quantitative estimate of drug-likeness (QED) is 0.589. The van der Waals surface area contributed by atoms with Crippen LogP contribution in [0.2, 0.25) is 0 Å². The van der Waals surface area contributed by atoms with Crippen molar-refractivity contribution in [3.8, 4) is 11.8 Å². The van der Waals surface area contributed by atoms with Crippen molar-refractivity contribution in [2.75, 3.05) is 0 Å². The molecule has 2 N–H and O–H groups in total. The summed E-state index contributed by atoms with van der Waals surface area (Å²) in [4.78, 5) is 0. The minimum Gasteiger partial charge on any atom is -0.393 e. The van der Waals surface area contributed by atoms with E-state index in [2.05, 4.69) is 37.8 Å². The predicted octanol–water partition coefficient (Wildman–Crippen LogP) is 4.87. The third kappa shape index (κ3) is 2.62. The molecule has 4 fully saturated rings. The Balaban J connectivity index is 1.41. The van der Waals surface area contributed by atoms with Gasteiger partial charge in [-0.25, -0.2) is 0 Å². The second-order valence-corrected chi connectivity index (χ2v) is 11.0. The third-order valence-corrected chi connectivity index (χ3v) is 9.98. The Bertz CT molecular complexity index is 744. The summed E-state index contributed by atoms with van der Waals surface area (Å²) in [5, 5.41) is 21.9. The van der Waals surface area contributed by atoms with E-state index in [4.69, 9.17) is 0 Å². The first-order valence-corrected chi connectivity index (χ1v) is 11.6. The summed E-state index contributed by atoms with van der Waals surface area (Å²) in [5.41, 5.74) is -0.493. The van der Waals surface area contributed by atoms with Gasteiger partial charge in [0.15, 0.2) is 0 Å². The molecule has 0 bridgehead atoms. The van der Waals surface area contributed by atoms with Crippen LogP contribution >= 0.6 is 0 Å². The summed E-state index contributed by atoms with van der Waals surface area (Å²) < 4.78 is 0. The van der Waals surface area contributed by atoms with Gasteiger partial charge in [-0.05, 0) is 86.9 Å². The second-order valence-electron chi connectivity index (χ2n) is 11.0. The molecule has 0 aromatic rings. The van der Waals surface area contributed by atoms with Crippen molar-refractivity contribution in [3.05, 3.63) is 24.3 Å². The molecule has 0 amide bonds. The van der Waals surface area contributed by atoms with Gasteiger partial charge in [0.25, 0.3) is 0 Å². The maximum absolute atomic E-state index is 11.7. The molecule has 0 heterocycles. The zero-order valence-electron chi connectivity index (χ0n) is 17.5. The van der Waals surface area contributed by atoms with Crippen LogP contribution in [0.25, 0.3) is 0 Å². The fraction of sp³-hybridized carbons (Fsp3) is 0.769. The number of aliphatic hydroxyl groups is 2. The lowest BCUT2D eigenvalue weighted by molar-refractivity contribution is -0.144. The Morgan fingerprint density at radius 3 is 2.43 bits per heavy atom. The number of allylic oxidation sites excluding steroid dienone is 4. The van der Waals surface area contributed by atoms with Gasteiger partial charge < -0.3 is 10.2 Å². The summed E-state index contributed by atoms with van der Waals surface area (Å²) in [5.74, 6) is 9.70. The lowest BCUT2D eigenvalue weighted by Crippen LogP contribution is -2.56. The van der Waals surface area contributed by atoms with Gasteiger partial charge in [-0.3, -0.25) is 0 Å². The van der Waals surface area contributed by atoms with E-state index >= 15 is 0 Å². The molecule has 4 saturated carbocycles. The minimum atomic E-state index is -0.826. The topological polar surface area (TPSA) is 40.5 Å². The van der Waals surface area contributed by atoms with Gasteiger partial charge in [0.05, 0.1) is 12.0 Å². The molecule has 0 aromatic carbocycles. The molecule has 2 nitrogen and oxygen atoms in total. The highest BCUT2D eigenvalue weighted by Crippen LogP contribution is 2.68. The molecule has 5 rings (SSSR count). The smallest absolute Gasteiger partial charge is 0.131 e. The molecular formula is C26H36O2. The first-order valence-electron chi connectivity index (χ1n) is 11.6. The number of rotatable bonds is 0. The van der Waals surface area contributed by atoms with Crippen LogP contribution in [0.15, 0.2) is 24.3 Å². The van der Waals surface area contributed by atoms with Gasteiger partial charge in [0, 0.05) is 5.41 Å². The average Bonchev–Trinajstić information content (AvgIpc) is 3.28. The third-order valence-electron chi connectivity index (χ3n) is 9.98. The summed E-state index contributed by atoms with van der Waals surface area (Å²) in [6.45, 7) is 4.87. The zero-order chi connectivity index (χ0) is 19.6. The van der Waals surface area contributed by atoms with Gasteiger partial charge in [-0.2, -0.15) is 0 Å². The van der Waals surface area contributed by atoms with E-state index in [0.29, 0.717) is 17.3 Å². The monoisotopic (exact) mass is 380 g/mol. The van der Waals surface area contributed by atoms with Crippen molar-refractivity contribution >= 4 is 0 Å². The van der Waals surface area contributed by atoms with Gasteiger partial charge in [0.2, 0.25) is 0 Å². The first-order chi connectivity index (χ1) is 13.4. The molecular weight excluding hydrogens is 344 g/mol. The lowest BCUT2D eigenvalue weighted by Gasteiger charge is -2.61. The van der Waals surface area contributed by atoms with Gasteiger partial charge >= 0.3 is 0 Å². The number of hydrogen-bond donors (Lipinski definition) is 2. The molecule has 0 unspecified atom stereocenters. The van der Waals surface area contributed by atoms with Gasteiger partial charge in [0.1, 0.15) is 5.60 Å². The van der Waals surface area contributed by atoms with Crippen LogP contribution in [0.3, 0.4) is 0 Å². The van der Waals surface area contributed by atoms with E-state index in [-0.39, 0.29) is 17.4 Å². The largest absolute Gasteiger partial charge is 0.393 e. The summed E-state index contributed by atoms with van der Waals surface area (Å²) in [7, 11) is 0. The number of hydrogen-bond acceptors (Lipinski definition) is 2. The molecule has 5 aliphatic carbocycles. The van der Waals surface area contributed by atoms with Crippen molar-refractivity contribution in [2.24, 2.45) is 40.4 Å². The Morgan fingerprint density at radius 1 is 0.893 bits per heavy atom. The Morgan fingerprint density at radius 2 is 1.64 bits per heavy atom. The highest BCUT2D eigenvalue weighted by Gasteiger charge is 2.64. The maximum Gasteiger partial charge on any atom is 0.131 e. The molecule has 2 heteroatoms. The Kier molecular flexibility index (Phi) is 4.39. The van der Waals surface area contributed by atoms with Crippen LogP contribution in [0.4, 0.5) is 0 Å². The fourth-order valence-corrected chi connectivity index (χ4v) is 8.19. The Labute approximate surface area is 170 Å². The molecule has 0 saturated heterocycles. The van der Waals surface area contributed by atoms with Crippen molar-refractivity contribution in [1.82, 2.24) is 0 Å². The second kappa shape index (κ2) is 6.48. The van der Waals surface area contributed by atoms with Crippen LogP contribution in [-0.2, 0) is 0 Å². The number of aliphatic hydroxyl groups excluding tert-OH is 1.